The second kappa shape index (κ2) is 9.08. The number of rotatable bonds is 5. The van der Waals surface area contributed by atoms with Crippen LogP contribution in [0, 0.1) is 11.6 Å². The van der Waals surface area contributed by atoms with Crippen molar-refractivity contribution in [2.45, 2.75) is 18.6 Å². The van der Waals surface area contributed by atoms with Gasteiger partial charge in [-0.3, -0.25) is 20.4 Å². The SMILES string of the molecule is O=C(C[C@H]1COC(=O)N1)NNC(=O)c1cc(F)c(F)cc1Nc1ccc(C(F)(F)F)cc1. The average molecular weight is 458 g/mol. The number of hydrogen-bond donors (Lipinski definition) is 4. The van der Waals surface area contributed by atoms with Gasteiger partial charge in [0, 0.05) is 11.8 Å². The second-order valence-corrected chi connectivity index (χ2v) is 6.66. The molecule has 0 radical (unpaired) electrons. The molecule has 1 aliphatic rings. The molecule has 170 valence electrons. The molecule has 3 amide bonds. The van der Waals surface area contributed by atoms with E-state index < -0.39 is 52.9 Å². The Morgan fingerprint density at radius 2 is 1.72 bits per heavy atom. The molecule has 32 heavy (non-hydrogen) atoms. The Kier molecular flexibility index (Phi) is 6.46. The predicted octanol–water partition coefficient (Wildman–Crippen LogP) is 2.99. The highest BCUT2D eigenvalue weighted by Gasteiger charge is 2.30. The van der Waals surface area contributed by atoms with Crippen molar-refractivity contribution in [2.24, 2.45) is 0 Å². The van der Waals surface area contributed by atoms with Crippen LogP contribution in [-0.2, 0) is 15.7 Å². The maximum atomic E-state index is 13.7. The van der Waals surface area contributed by atoms with Crippen molar-refractivity contribution in [1.82, 2.24) is 16.2 Å². The molecule has 1 saturated heterocycles. The molecular formula is C19H15F5N4O4. The number of hydrazine groups is 1. The van der Waals surface area contributed by atoms with Gasteiger partial charge in [-0.15, -0.1) is 0 Å². The molecule has 0 aliphatic carbocycles. The first-order valence-corrected chi connectivity index (χ1v) is 8.98. The minimum Gasteiger partial charge on any atom is -0.447 e. The van der Waals surface area contributed by atoms with E-state index in [0.717, 1.165) is 24.3 Å². The van der Waals surface area contributed by atoms with Gasteiger partial charge in [0.2, 0.25) is 5.91 Å². The summed E-state index contributed by atoms with van der Waals surface area (Å²) in [6, 6.07) is 4.25. The Morgan fingerprint density at radius 3 is 2.31 bits per heavy atom. The van der Waals surface area contributed by atoms with E-state index in [0.29, 0.717) is 12.1 Å². The minimum atomic E-state index is -4.56. The van der Waals surface area contributed by atoms with E-state index in [2.05, 4.69) is 20.8 Å². The highest BCUT2D eigenvalue weighted by atomic mass is 19.4. The van der Waals surface area contributed by atoms with Crippen LogP contribution in [0.3, 0.4) is 0 Å². The number of carbonyl (C=O) groups is 3. The third-order valence-electron chi connectivity index (χ3n) is 4.28. The van der Waals surface area contributed by atoms with Gasteiger partial charge in [-0.1, -0.05) is 0 Å². The fourth-order valence-corrected chi connectivity index (χ4v) is 2.74. The summed E-state index contributed by atoms with van der Waals surface area (Å²) >= 11 is 0. The Labute approximate surface area is 177 Å². The first-order chi connectivity index (χ1) is 15.0. The number of halogens is 5. The van der Waals surface area contributed by atoms with E-state index in [1.54, 1.807) is 0 Å². The van der Waals surface area contributed by atoms with Crippen molar-refractivity contribution in [3.05, 3.63) is 59.2 Å². The van der Waals surface area contributed by atoms with Gasteiger partial charge in [0.1, 0.15) is 6.61 Å². The molecule has 1 aliphatic heterocycles. The summed E-state index contributed by atoms with van der Waals surface area (Å²) in [5.41, 5.74) is 2.54. The molecule has 2 aromatic carbocycles. The van der Waals surface area contributed by atoms with Gasteiger partial charge in [0.05, 0.1) is 29.3 Å². The number of carbonyl (C=O) groups excluding carboxylic acids is 3. The summed E-state index contributed by atoms with van der Waals surface area (Å²) in [5, 5.41) is 4.90. The predicted molar refractivity (Wildman–Crippen MR) is 99.6 cm³/mol. The average Bonchev–Trinajstić information content (AvgIpc) is 3.13. The Hall–Kier alpha value is -3.90. The van der Waals surface area contributed by atoms with Crippen LogP contribution in [0.2, 0.25) is 0 Å². The smallest absolute Gasteiger partial charge is 0.416 e. The van der Waals surface area contributed by atoms with Gasteiger partial charge in [-0.25, -0.2) is 13.6 Å². The van der Waals surface area contributed by atoms with E-state index in [-0.39, 0.29) is 24.4 Å². The third-order valence-corrected chi connectivity index (χ3v) is 4.28. The minimum absolute atomic E-state index is 0.0371. The summed E-state index contributed by atoms with van der Waals surface area (Å²) in [7, 11) is 0. The van der Waals surface area contributed by atoms with Gasteiger partial charge in [0.25, 0.3) is 5.91 Å². The lowest BCUT2D eigenvalue weighted by molar-refractivity contribution is -0.137. The van der Waals surface area contributed by atoms with Crippen molar-refractivity contribution in [3.8, 4) is 0 Å². The molecule has 4 N–H and O–H groups in total. The number of anilines is 2. The van der Waals surface area contributed by atoms with E-state index in [4.69, 9.17) is 0 Å². The number of amides is 3. The van der Waals surface area contributed by atoms with Crippen LogP contribution in [0.5, 0.6) is 0 Å². The molecule has 0 aromatic heterocycles. The lowest BCUT2D eigenvalue weighted by Gasteiger charge is -2.15. The van der Waals surface area contributed by atoms with Crippen LogP contribution >= 0.6 is 0 Å². The van der Waals surface area contributed by atoms with Gasteiger partial charge < -0.3 is 15.4 Å². The van der Waals surface area contributed by atoms with Crippen LogP contribution in [0.1, 0.15) is 22.3 Å². The van der Waals surface area contributed by atoms with Gasteiger partial charge >= 0.3 is 12.3 Å². The summed E-state index contributed by atoms with van der Waals surface area (Å²) in [5.74, 6) is -4.39. The maximum absolute atomic E-state index is 13.7. The Morgan fingerprint density at radius 1 is 1.06 bits per heavy atom. The molecule has 0 bridgehead atoms. The molecule has 3 rings (SSSR count). The number of nitrogens with one attached hydrogen (secondary N) is 4. The summed E-state index contributed by atoms with van der Waals surface area (Å²) in [6.45, 7) is -0.0371. The molecule has 8 nitrogen and oxygen atoms in total. The fraction of sp³-hybridized carbons (Fsp3) is 0.211. The Balaban J connectivity index is 1.70. The number of cyclic esters (lactones) is 1. The number of alkyl carbamates (subject to hydrolysis) is 1. The lowest BCUT2D eigenvalue weighted by atomic mass is 10.1. The zero-order chi connectivity index (χ0) is 23.5. The summed E-state index contributed by atoms with van der Waals surface area (Å²) < 4.78 is 70.1. The van der Waals surface area contributed by atoms with E-state index >= 15 is 0 Å². The maximum Gasteiger partial charge on any atom is 0.416 e. The largest absolute Gasteiger partial charge is 0.447 e. The van der Waals surface area contributed by atoms with E-state index in [1.165, 1.54) is 0 Å². The zero-order valence-corrected chi connectivity index (χ0v) is 16.0. The van der Waals surface area contributed by atoms with Crippen molar-refractivity contribution in [1.29, 1.82) is 0 Å². The van der Waals surface area contributed by atoms with Crippen LogP contribution < -0.4 is 21.5 Å². The zero-order valence-electron chi connectivity index (χ0n) is 16.0. The molecular weight excluding hydrogens is 443 g/mol. The van der Waals surface area contributed by atoms with Gasteiger partial charge in [-0.2, -0.15) is 13.2 Å². The normalized spacial score (nSPS) is 15.5. The van der Waals surface area contributed by atoms with Gasteiger partial charge in [-0.05, 0) is 30.3 Å². The molecule has 2 aromatic rings. The fourth-order valence-electron chi connectivity index (χ4n) is 2.74. The standard InChI is InChI=1S/C19H15F5N4O4/c20-13-6-12(17(30)28-27-16(29)5-11-8-32-18(31)26-11)15(7-14(13)21)25-10-3-1-9(2-4-10)19(22,23)24/h1-4,6-7,11,25H,5,8H2,(H,26,31)(H,27,29)(H,28,30)/t11-/m0/s1. The molecule has 0 unspecified atom stereocenters. The molecule has 1 atom stereocenters. The topological polar surface area (TPSA) is 109 Å². The van der Waals surface area contributed by atoms with Crippen molar-refractivity contribution < 1.29 is 41.1 Å². The highest BCUT2D eigenvalue weighted by molar-refractivity contribution is 6.01. The van der Waals surface area contributed by atoms with Crippen molar-refractivity contribution in [2.75, 3.05) is 11.9 Å². The lowest BCUT2D eigenvalue weighted by Crippen LogP contribution is -2.44. The van der Waals surface area contributed by atoms with Crippen LogP contribution in [0.25, 0.3) is 0 Å². The first-order valence-electron chi connectivity index (χ1n) is 8.98. The first kappa shape index (κ1) is 22.8. The second-order valence-electron chi connectivity index (χ2n) is 6.66. The number of benzene rings is 2. The summed E-state index contributed by atoms with van der Waals surface area (Å²) in [4.78, 5) is 35.2. The van der Waals surface area contributed by atoms with Crippen LogP contribution in [0.4, 0.5) is 38.1 Å². The number of alkyl halides is 3. The van der Waals surface area contributed by atoms with Gasteiger partial charge in [0.15, 0.2) is 11.6 Å². The summed E-state index contributed by atoms with van der Waals surface area (Å²) in [6.07, 6.45) is -5.47. The highest BCUT2D eigenvalue weighted by Crippen LogP contribution is 2.31. The number of ether oxygens (including phenoxy) is 1. The van der Waals surface area contributed by atoms with E-state index in [1.807, 2.05) is 5.43 Å². The van der Waals surface area contributed by atoms with Crippen molar-refractivity contribution >= 4 is 29.3 Å². The molecule has 1 heterocycles. The molecule has 1 fully saturated rings. The number of hydrogen-bond acceptors (Lipinski definition) is 5. The Bertz CT molecular complexity index is 1040. The quantitative estimate of drug-likeness (QED) is 0.407. The monoisotopic (exact) mass is 458 g/mol. The van der Waals surface area contributed by atoms with Crippen LogP contribution in [-0.4, -0.2) is 30.6 Å². The van der Waals surface area contributed by atoms with Crippen molar-refractivity contribution in [3.63, 3.8) is 0 Å². The van der Waals surface area contributed by atoms with E-state index in [9.17, 15) is 36.3 Å². The molecule has 13 heteroatoms. The third kappa shape index (κ3) is 5.62. The van der Waals surface area contributed by atoms with Crippen LogP contribution in [0.15, 0.2) is 36.4 Å². The molecule has 0 spiro atoms. The molecule has 0 saturated carbocycles.